The first kappa shape index (κ1) is 15.8. The lowest BCUT2D eigenvalue weighted by molar-refractivity contribution is 0.0724. The highest BCUT2D eigenvalue weighted by Gasteiger charge is 2.25. The highest BCUT2D eigenvalue weighted by Crippen LogP contribution is 2.25. The van der Waals surface area contributed by atoms with Gasteiger partial charge in [0.25, 0.3) is 0 Å². The third-order valence-corrected chi connectivity index (χ3v) is 5.65. The first-order valence-electron chi connectivity index (χ1n) is 6.84. The van der Waals surface area contributed by atoms with E-state index in [-0.39, 0.29) is 17.4 Å². The van der Waals surface area contributed by atoms with Gasteiger partial charge in [0.05, 0.1) is 11.0 Å². The fraction of sp³-hybridized carbons (Fsp3) is 0.571. The van der Waals surface area contributed by atoms with Crippen molar-refractivity contribution in [1.29, 1.82) is 0 Å². The van der Waals surface area contributed by atoms with Crippen molar-refractivity contribution in [3.63, 3.8) is 0 Å². The molecule has 1 saturated carbocycles. The monoisotopic (exact) mass is 317 g/mol. The van der Waals surface area contributed by atoms with Crippen LogP contribution in [-0.2, 0) is 10.0 Å². The second-order valence-corrected chi connectivity index (χ2v) is 7.55. The van der Waals surface area contributed by atoms with Crippen molar-refractivity contribution < 1.29 is 13.5 Å². The van der Waals surface area contributed by atoms with Gasteiger partial charge in [-0.15, -0.1) is 0 Å². The molecule has 0 amide bonds. The lowest BCUT2D eigenvalue weighted by atomic mass is 9.87. The van der Waals surface area contributed by atoms with Gasteiger partial charge in [-0.1, -0.05) is 24.4 Å². The molecule has 0 aromatic heterocycles. The Hall–Kier alpha value is -0.620. The van der Waals surface area contributed by atoms with Gasteiger partial charge >= 0.3 is 0 Å². The van der Waals surface area contributed by atoms with Crippen LogP contribution in [-0.4, -0.2) is 26.2 Å². The largest absolute Gasteiger partial charge is 0.393 e. The normalized spacial score (nSPS) is 23.8. The molecule has 0 spiro atoms. The highest BCUT2D eigenvalue weighted by molar-refractivity contribution is 7.89. The van der Waals surface area contributed by atoms with Crippen LogP contribution in [0.15, 0.2) is 23.1 Å². The van der Waals surface area contributed by atoms with Gasteiger partial charge in [-0.25, -0.2) is 13.1 Å². The Morgan fingerprint density at radius 3 is 2.70 bits per heavy atom. The molecule has 2 atom stereocenters. The molecular formula is C14H20ClNO3S. The number of benzene rings is 1. The summed E-state index contributed by atoms with van der Waals surface area (Å²) in [4.78, 5) is 0.243. The van der Waals surface area contributed by atoms with E-state index in [4.69, 9.17) is 11.6 Å². The first-order chi connectivity index (χ1) is 9.40. The number of aliphatic hydroxyl groups excluding tert-OH is 1. The SMILES string of the molecule is Cc1cc(Cl)ccc1S(=O)(=O)NCC1CCCCC1O. The quantitative estimate of drug-likeness (QED) is 0.896. The van der Waals surface area contributed by atoms with E-state index in [9.17, 15) is 13.5 Å². The van der Waals surface area contributed by atoms with Gasteiger partial charge in [0.15, 0.2) is 0 Å². The maximum absolute atomic E-state index is 12.3. The summed E-state index contributed by atoms with van der Waals surface area (Å²) in [6, 6.07) is 4.71. The summed E-state index contributed by atoms with van der Waals surface area (Å²) in [6.45, 7) is 2.00. The predicted molar refractivity (Wildman–Crippen MR) is 79.3 cm³/mol. The van der Waals surface area contributed by atoms with Crippen LogP contribution in [0.2, 0.25) is 5.02 Å². The molecule has 0 aliphatic heterocycles. The predicted octanol–water partition coefficient (Wildman–Crippen LogP) is 2.48. The van der Waals surface area contributed by atoms with Gasteiger partial charge in [-0.2, -0.15) is 0 Å². The number of rotatable bonds is 4. The molecule has 2 rings (SSSR count). The van der Waals surface area contributed by atoms with Crippen molar-refractivity contribution in [2.75, 3.05) is 6.54 Å². The molecule has 6 heteroatoms. The van der Waals surface area contributed by atoms with Crippen LogP contribution >= 0.6 is 11.6 Å². The number of hydrogen-bond acceptors (Lipinski definition) is 3. The van der Waals surface area contributed by atoms with E-state index in [0.717, 1.165) is 25.7 Å². The zero-order valence-corrected chi connectivity index (χ0v) is 13.0. The first-order valence-corrected chi connectivity index (χ1v) is 8.70. The van der Waals surface area contributed by atoms with E-state index in [2.05, 4.69) is 4.72 Å². The summed E-state index contributed by atoms with van der Waals surface area (Å²) < 4.78 is 27.2. The van der Waals surface area contributed by atoms with Gasteiger partial charge in [-0.05, 0) is 49.4 Å². The minimum atomic E-state index is -3.55. The van der Waals surface area contributed by atoms with Crippen LogP contribution in [0.4, 0.5) is 0 Å². The van der Waals surface area contributed by atoms with Crippen molar-refractivity contribution in [3.8, 4) is 0 Å². The fourth-order valence-corrected chi connectivity index (χ4v) is 4.18. The molecule has 20 heavy (non-hydrogen) atoms. The summed E-state index contributed by atoms with van der Waals surface area (Å²) in [6.07, 6.45) is 3.28. The smallest absolute Gasteiger partial charge is 0.240 e. The summed E-state index contributed by atoms with van der Waals surface area (Å²) in [5.74, 6) is 0.00568. The molecule has 0 bridgehead atoms. The van der Waals surface area contributed by atoms with Gasteiger partial charge in [0, 0.05) is 11.6 Å². The molecule has 1 aliphatic carbocycles. The molecule has 1 aromatic carbocycles. The lowest BCUT2D eigenvalue weighted by Gasteiger charge is -2.27. The van der Waals surface area contributed by atoms with Crippen LogP contribution in [0, 0.1) is 12.8 Å². The summed E-state index contributed by atoms with van der Waals surface area (Å²) in [5.41, 5.74) is 0.620. The van der Waals surface area contributed by atoms with Gasteiger partial charge in [0.1, 0.15) is 0 Å². The molecule has 1 aliphatic rings. The van der Waals surface area contributed by atoms with E-state index in [0.29, 0.717) is 10.6 Å². The van der Waals surface area contributed by atoms with Crippen LogP contribution in [0.1, 0.15) is 31.2 Å². The molecule has 2 unspecified atom stereocenters. The van der Waals surface area contributed by atoms with Gasteiger partial charge < -0.3 is 5.11 Å². The number of aliphatic hydroxyl groups is 1. The fourth-order valence-electron chi connectivity index (χ4n) is 2.64. The number of sulfonamides is 1. The highest BCUT2D eigenvalue weighted by atomic mass is 35.5. The minimum Gasteiger partial charge on any atom is -0.393 e. The van der Waals surface area contributed by atoms with Crippen molar-refractivity contribution in [3.05, 3.63) is 28.8 Å². The molecule has 112 valence electrons. The summed E-state index contributed by atoms with van der Waals surface area (Å²) in [7, 11) is -3.55. The standard InChI is InChI=1S/C14H20ClNO3S/c1-10-8-12(15)6-7-14(10)20(18,19)16-9-11-4-2-3-5-13(11)17/h6-8,11,13,16-17H,2-5,9H2,1H3. The Bertz CT molecular complexity index is 574. The number of hydrogen-bond donors (Lipinski definition) is 2. The Morgan fingerprint density at radius 1 is 1.35 bits per heavy atom. The lowest BCUT2D eigenvalue weighted by Crippen LogP contribution is -2.36. The molecule has 0 saturated heterocycles. The van der Waals surface area contributed by atoms with E-state index in [1.165, 1.54) is 6.07 Å². The zero-order chi connectivity index (χ0) is 14.8. The van der Waals surface area contributed by atoms with E-state index >= 15 is 0 Å². The van der Waals surface area contributed by atoms with Crippen LogP contribution in [0.3, 0.4) is 0 Å². The third kappa shape index (κ3) is 3.73. The average molecular weight is 318 g/mol. The molecule has 2 N–H and O–H groups in total. The van der Waals surface area contributed by atoms with Crippen molar-refractivity contribution >= 4 is 21.6 Å². The Labute approximate surface area is 125 Å². The van der Waals surface area contributed by atoms with E-state index < -0.39 is 16.1 Å². The van der Waals surface area contributed by atoms with E-state index in [1.807, 2.05) is 0 Å². The molecular weight excluding hydrogens is 298 g/mol. The zero-order valence-electron chi connectivity index (χ0n) is 11.5. The minimum absolute atomic E-state index is 0.00568. The molecule has 0 heterocycles. The number of aryl methyl sites for hydroxylation is 1. The molecule has 1 aromatic rings. The number of nitrogens with one attached hydrogen (secondary N) is 1. The number of halogens is 1. The second kappa shape index (κ2) is 6.43. The average Bonchev–Trinajstić information content (AvgIpc) is 2.37. The van der Waals surface area contributed by atoms with Crippen LogP contribution < -0.4 is 4.72 Å². The Kier molecular flexibility index (Phi) is 5.07. The Balaban J connectivity index is 2.07. The van der Waals surface area contributed by atoms with Gasteiger partial charge in [0.2, 0.25) is 10.0 Å². The van der Waals surface area contributed by atoms with Gasteiger partial charge in [-0.3, -0.25) is 0 Å². The van der Waals surface area contributed by atoms with Crippen molar-refractivity contribution in [1.82, 2.24) is 4.72 Å². The van der Waals surface area contributed by atoms with Crippen molar-refractivity contribution in [2.45, 2.75) is 43.6 Å². The molecule has 4 nitrogen and oxygen atoms in total. The Morgan fingerprint density at radius 2 is 2.05 bits per heavy atom. The maximum atomic E-state index is 12.3. The summed E-state index contributed by atoms with van der Waals surface area (Å²) in [5, 5.41) is 10.4. The van der Waals surface area contributed by atoms with Crippen LogP contribution in [0.25, 0.3) is 0 Å². The third-order valence-electron chi connectivity index (χ3n) is 3.83. The van der Waals surface area contributed by atoms with E-state index in [1.54, 1.807) is 19.1 Å². The maximum Gasteiger partial charge on any atom is 0.240 e. The second-order valence-electron chi connectivity index (χ2n) is 5.37. The topological polar surface area (TPSA) is 66.4 Å². The van der Waals surface area contributed by atoms with Crippen LogP contribution in [0.5, 0.6) is 0 Å². The molecule has 1 fully saturated rings. The molecule has 0 radical (unpaired) electrons. The van der Waals surface area contributed by atoms with Crippen molar-refractivity contribution in [2.24, 2.45) is 5.92 Å². The summed E-state index contributed by atoms with van der Waals surface area (Å²) >= 11 is 5.84.